The van der Waals surface area contributed by atoms with Crippen molar-refractivity contribution in [3.8, 4) is 0 Å². The van der Waals surface area contributed by atoms with Crippen molar-refractivity contribution in [1.29, 1.82) is 0 Å². The molecular formula is C15H24N4O2S. The summed E-state index contributed by atoms with van der Waals surface area (Å²) in [6, 6.07) is 0. The van der Waals surface area contributed by atoms with Gasteiger partial charge < -0.3 is 10.2 Å². The molecule has 1 aromatic rings. The third-order valence-corrected chi connectivity index (χ3v) is 6.14. The van der Waals surface area contributed by atoms with Gasteiger partial charge in [0, 0.05) is 19.3 Å². The molecule has 0 aliphatic carbocycles. The molecule has 7 heteroatoms. The summed E-state index contributed by atoms with van der Waals surface area (Å²) in [5.41, 5.74) is 1.03. The molecule has 0 amide bonds. The molecule has 6 nitrogen and oxygen atoms in total. The first-order valence-electron chi connectivity index (χ1n) is 8.09. The van der Waals surface area contributed by atoms with Gasteiger partial charge in [-0.25, -0.2) is 13.4 Å². The molecule has 2 saturated heterocycles. The van der Waals surface area contributed by atoms with E-state index in [1.165, 1.54) is 19.3 Å². The summed E-state index contributed by atoms with van der Waals surface area (Å²) < 4.78 is 23.0. The first-order chi connectivity index (χ1) is 10.6. The average Bonchev–Trinajstić information content (AvgIpc) is 2.76. The zero-order chi connectivity index (χ0) is 15.4. The summed E-state index contributed by atoms with van der Waals surface area (Å²) in [5, 5.41) is 3.43. The molecule has 22 heavy (non-hydrogen) atoms. The topological polar surface area (TPSA) is 75.2 Å². The fourth-order valence-electron chi connectivity index (χ4n) is 3.18. The number of nitrogens with one attached hydrogen (secondary N) is 1. The molecule has 3 heterocycles. The van der Waals surface area contributed by atoms with Crippen LogP contribution in [0.4, 0.5) is 5.82 Å². The Morgan fingerprint density at radius 1 is 1.18 bits per heavy atom. The van der Waals surface area contributed by atoms with E-state index in [9.17, 15) is 8.42 Å². The van der Waals surface area contributed by atoms with Gasteiger partial charge in [0.05, 0.1) is 23.4 Å². The van der Waals surface area contributed by atoms with Gasteiger partial charge in [-0.1, -0.05) is 0 Å². The van der Waals surface area contributed by atoms with E-state index < -0.39 is 9.84 Å². The SMILES string of the molecule is O=S1(=O)CCN(c2cncc(C[C@H]3CCCNCC3)n2)CC1. The second kappa shape index (κ2) is 6.91. The van der Waals surface area contributed by atoms with Crippen LogP contribution in [-0.4, -0.2) is 56.1 Å². The van der Waals surface area contributed by atoms with Crippen LogP contribution < -0.4 is 10.2 Å². The van der Waals surface area contributed by atoms with Crippen LogP contribution in [0.25, 0.3) is 0 Å². The van der Waals surface area contributed by atoms with Crippen LogP contribution in [-0.2, 0) is 16.3 Å². The maximum absolute atomic E-state index is 11.5. The smallest absolute Gasteiger partial charge is 0.153 e. The fraction of sp³-hybridized carbons (Fsp3) is 0.733. The zero-order valence-electron chi connectivity index (χ0n) is 12.9. The van der Waals surface area contributed by atoms with Gasteiger partial charge >= 0.3 is 0 Å². The molecule has 2 aliphatic rings. The fourth-order valence-corrected chi connectivity index (χ4v) is 4.38. The van der Waals surface area contributed by atoms with Crippen LogP contribution in [0.2, 0.25) is 0 Å². The Morgan fingerprint density at radius 3 is 2.82 bits per heavy atom. The molecule has 122 valence electrons. The van der Waals surface area contributed by atoms with Crippen molar-refractivity contribution in [1.82, 2.24) is 15.3 Å². The number of aromatic nitrogens is 2. The number of anilines is 1. The minimum Gasteiger partial charge on any atom is -0.353 e. The number of rotatable bonds is 3. The zero-order valence-corrected chi connectivity index (χ0v) is 13.7. The lowest BCUT2D eigenvalue weighted by Gasteiger charge is -2.27. The molecule has 0 spiro atoms. The molecular weight excluding hydrogens is 300 g/mol. The van der Waals surface area contributed by atoms with Crippen molar-refractivity contribution < 1.29 is 8.42 Å². The molecule has 0 unspecified atom stereocenters. The Labute approximate surface area is 132 Å². The van der Waals surface area contributed by atoms with Crippen molar-refractivity contribution in [2.75, 3.05) is 42.6 Å². The van der Waals surface area contributed by atoms with E-state index in [4.69, 9.17) is 4.98 Å². The molecule has 0 radical (unpaired) electrons. The van der Waals surface area contributed by atoms with Crippen LogP contribution in [0, 0.1) is 5.92 Å². The molecule has 2 aliphatic heterocycles. The van der Waals surface area contributed by atoms with Crippen LogP contribution >= 0.6 is 0 Å². The highest BCUT2D eigenvalue weighted by molar-refractivity contribution is 7.91. The number of hydrogen-bond acceptors (Lipinski definition) is 6. The summed E-state index contributed by atoms with van der Waals surface area (Å²) in [6.45, 7) is 3.24. The van der Waals surface area contributed by atoms with Crippen molar-refractivity contribution in [3.63, 3.8) is 0 Å². The average molecular weight is 324 g/mol. The van der Waals surface area contributed by atoms with Crippen molar-refractivity contribution >= 4 is 15.7 Å². The standard InChI is InChI=1S/C15H24N4O2S/c20-22(21)8-6-19(7-9-22)15-12-17-11-14(18-15)10-13-2-1-4-16-5-3-13/h11-13,16H,1-10H2/t13-/m0/s1. The summed E-state index contributed by atoms with van der Waals surface area (Å²) >= 11 is 0. The molecule has 0 aromatic carbocycles. The predicted octanol–water partition coefficient (Wildman–Crippen LogP) is 0.644. The lowest BCUT2D eigenvalue weighted by atomic mass is 9.95. The maximum Gasteiger partial charge on any atom is 0.153 e. The van der Waals surface area contributed by atoms with E-state index in [-0.39, 0.29) is 11.5 Å². The Morgan fingerprint density at radius 2 is 2.00 bits per heavy atom. The molecule has 3 rings (SSSR count). The Hall–Kier alpha value is -1.21. The van der Waals surface area contributed by atoms with Gasteiger partial charge in [-0.05, 0) is 44.7 Å². The highest BCUT2D eigenvalue weighted by atomic mass is 32.2. The van der Waals surface area contributed by atoms with Gasteiger partial charge in [-0.15, -0.1) is 0 Å². The van der Waals surface area contributed by atoms with Crippen molar-refractivity contribution in [2.45, 2.75) is 25.7 Å². The number of hydrogen-bond donors (Lipinski definition) is 1. The second-order valence-corrected chi connectivity index (χ2v) is 8.56. The molecule has 1 aromatic heterocycles. The highest BCUT2D eigenvalue weighted by Crippen LogP contribution is 2.20. The van der Waals surface area contributed by atoms with Gasteiger partial charge in [0.15, 0.2) is 9.84 Å². The monoisotopic (exact) mass is 324 g/mol. The quantitative estimate of drug-likeness (QED) is 0.880. The van der Waals surface area contributed by atoms with Crippen molar-refractivity contribution in [3.05, 3.63) is 18.1 Å². The van der Waals surface area contributed by atoms with Crippen LogP contribution in [0.5, 0.6) is 0 Å². The van der Waals surface area contributed by atoms with E-state index in [0.717, 1.165) is 31.0 Å². The van der Waals surface area contributed by atoms with Crippen molar-refractivity contribution in [2.24, 2.45) is 5.92 Å². The lowest BCUT2D eigenvalue weighted by molar-refractivity contribution is 0.464. The molecule has 2 fully saturated rings. The van der Waals surface area contributed by atoms with Gasteiger partial charge in [0.2, 0.25) is 0 Å². The van der Waals surface area contributed by atoms with Crippen LogP contribution in [0.1, 0.15) is 25.0 Å². The Kier molecular flexibility index (Phi) is 4.93. The molecule has 1 N–H and O–H groups in total. The predicted molar refractivity (Wildman–Crippen MR) is 86.8 cm³/mol. The largest absolute Gasteiger partial charge is 0.353 e. The number of nitrogens with zero attached hydrogens (tertiary/aromatic N) is 3. The van der Waals surface area contributed by atoms with Crippen LogP contribution in [0.3, 0.4) is 0 Å². The Bertz CT molecular complexity index is 583. The van der Waals surface area contributed by atoms with Gasteiger partial charge in [-0.3, -0.25) is 4.98 Å². The van der Waals surface area contributed by atoms with Gasteiger partial charge in [0.1, 0.15) is 5.82 Å². The number of sulfone groups is 1. The van der Waals surface area contributed by atoms with E-state index in [1.807, 2.05) is 11.1 Å². The normalized spacial score (nSPS) is 25.6. The summed E-state index contributed by atoms with van der Waals surface area (Å²) in [7, 11) is -2.86. The molecule has 0 saturated carbocycles. The minimum absolute atomic E-state index is 0.215. The minimum atomic E-state index is -2.86. The molecule has 1 atom stereocenters. The first-order valence-corrected chi connectivity index (χ1v) is 9.91. The highest BCUT2D eigenvalue weighted by Gasteiger charge is 2.23. The third-order valence-electron chi connectivity index (χ3n) is 4.53. The third kappa shape index (κ3) is 4.16. The summed E-state index contributed by atoms with van der Waals surface area (Å²) in [5.74, 6) is 1.92. The van der Waals surface area contributed by atoms with Gasteiger partial charge in [-0.2, -0.15) is 0 Å². The van der Waals surface area contributed by atoms with E-state index in [1.54, 1.807) is 6.20 Å². The Balaban J connectivity index is 1.64. The van der Waals surface area contributed by atoms with E-state index >= 15 is 0 Å². The van der Waals surface area contributed by atoms with E-state index in [2.05, 4.69) is 10.3 Å². The molecule has 0 bridgehead atoms. The maximum atomic E-state index is 11.5. The summed E-state index contributed by atoms with van der Waals surface area (Å²) in [4.78, 5) is 11.1. The van der Waals surface area contributed by atoms with E-state index in [0.29, 0.717) is 19.0 Å². The van der Waals surface area contributed by atoms with Crippen LogP contribution in [0.15, 0.2) is 12.4 Å². The second-order valence-electron chi connectivity index (χ2n) is 6.26. The van der Waals surface area contributed by atoms with Gasteiger partial charge in [0.25, 0.3) is 0 Å². The summed E-state index contributed by atoms with van der Waals surface area (Å²) in [6.07, 6.45) is 8.21. The first kappa shape index (κ1) is 15.7. The lowest BCUT2D eigenvalue weighted by Crippen LogP contribution is -2.40.